The fourth-order valence-electron chi connectivity index (χ4n) is 3.34. The maximum atomic E-state index is 13.3. The molecule has 170 valence electrons. The Kier molecular flexibility index (Phi) is 8.73. The van der Waals surface area contributed by atoms with Gasteiger partial charge in [0, 0.05) is 24.7 Å². The summed E-state index contributed by atoms with van der Waals surface area (Å²) in [5.41, 5.74) is 1.94. The minimum Gasteiger partial charge on any atom is -0.493 e. The van der Waals surface area contributed by atoms with Crippen molar-refractivity contribution in [3.05, 3.63) is 88.7 Å². The summed E-state index contributed by atoms with van der Waals surface area (Å²) in [5, 5.41) is 11.2. The van der Waals surface area contributed by atoms with Gasteiger partial charge >= 0.3 is 0 Å². The van der Waals surface area contributed by atoms with E-state index in [9.17, 15) is 9.50 Å². The van der Waals surface area contributed by atoms with Gasteiger partial charge in [-0.2, -0.15) is 0 Å². The predicted molar refractivity (Wildman–Crippen MR) is 123 cm³/mol. The minimum absolute atomic E-state index is 0.132. The zero-order valence-corrected chi connectivity index (χ0v) is 18.9. The van der Waals surface area contributed by atoms with Crippen LogP contribution < -0.4 is 14.2 Å². The number of nitrogens with zero attached hydrogens (tertiary/aromatic N) is 1. The summed E-state index contributed by atoms with van der Waals surface area (Å²) in [6.07, 6.45) is -0.730. The number of hydrogen-bond donors (Lipinski definition) is 1. The molecule has 0 spiro atoms. The van der Waals surface area contributed by atoms with Gasteiger partial charge in [-0.3, -0.25) is 4.90 Å². The van der Waals surface area contributed by atoms with E-state index in [1.165, 1.54) is 12.1 Å². The van der Waals surface area contributed by atoms with E-state index >= 15 is 0 Å². The topological polar surface area (TPSA) is 51.2 Å². The third-order valence-corrected chi connectivity index (χ3v) is 5.15. The van der Waals surface area contributed by atoms with Gasteiger partial charge in [-0.1, -0.05) is 29.8 Å². The highest BCUT2D eigenvalue weighted by Crippen LogP contribution is 2.28. The van der Waals surface area contributed by atoms with Crippen molar-refractivity contribution >= 4 is 11.6 Å². The molecular weight excluding hydrogens is 433 g/mol. The summed E-state index contributed by atoms with van der Waals surface area (Å²) in [6, 6.07) is 19.1. The Bertz CT molecular complexity index is 982. The van der Waals surface area contributed by atoms with Crippen molar-refractivity contribution in [2.24, 2.45) is 0 Å². The molecule has 0 aliphatic carbocycles. The molecular formula is C25H27ClFNO4. The Labute approximate surface area is 192 Å². The van der Waals surface area contributed by atoms with Crippen molar-refractivity contribution in [2.45, 2.75) is 19.2 Å². The van der Waals surface area contributed by atoms with E-state index < -0.39 is 6.10 Å². The summed E-state index contributed by atoms with van der Waals surface area (Å²) < 4.78 is 29.7. The molecule has 0 fully saturated rings. The third-order valence-electron chi connectivity index (χ3n) is 4.90. The highest BCUT2D eigenvalue weighted by molar-refractivity contribution is 6.30. The standard InChI is InChI=1S/C25H27ClFNO4/c1-30-24-12-5-19(13-25(24)31-2)15-28(14-18-3-8-21(27)9-4-18)16-22(29)17-32-23-10-6-20(26)7-11-23/h3-13,22,29H,14-17H2,1-2H3/t22-/m1/s1. The zero-order chi connectivity index (χ0) is 22.9. The lowest BCUT2D eigenvalue weighted by Gasteiger charge is -2.26. The maximum Gasteiger partial charge on any atom is 0.161 e. The molecule has 0 amide bonds. The van der Waals surface area contributed by atoms with Crippen molar-refractivity contribution in [3.8, 4) is 17.2 Å². The molecule has 5 nitrogen and oxygen atoms in total. The SMILES string of the molecule is COc1ccc(CN(Cc2ccc(F)cc2)C[C@@H](O)COc2ccc(Cl)cc2)cc1OC. The van der Waals surface area contributed by atoms with Crippen molar-refractivity contribution in [2.75, 3.05) is 27.4 Å². The first-order valence-electron chi connectivity index (χ1n) is 10.2. The molecule has 0 saturated carbocycles. The van der Waals surface area contributed by atoms with E-state index in [0.717, 1.165) is 11.1 Å². The molecule has 0 heterocycles. The van der Waals surface area contributed by atoms with Crippen molar-refractivity contribution in [1.29, 1.82) is 0 Å². The molecule has 0 unspecified atom stereocenters. The highest BCUT2D eigenvalue weighted by Gasteiger charge is 2.15. The van der Waals surface area contributed by atoms with Gasteiger partial charge in [-0.15, -0.1) is 0 Å². The number of hydrogen-bond acceptors (Lipinski definition) is 5. The number of aliphatic hydroxyl groups is 1. The monoisotopic (exact) mass is 459 g/mol. The molecule has 0 radical (unpaired) electrons. The average Bonchev–Trinajstić information content (AvgIpc) is 2.80. The molecule has 0 aromatic heterocycles. The van der Waals surface area contributed by atoms with Crippen molar-refractivity contribution in [3.63, 3.8) is 0 Å². The molecule has 1 N–H and O–H groups in total. The molecule has 3 aromatic carbocycles. The Morgan fingerprint density at radius 1 is 0.875 bits per heavy atom. The van der Waals surface area contributed by atoms with Crippen LogP contribution in [0.1, 0.15) is 11.1 Å². The van der Waals surface area contributed by atoms with Crippen LogP contribution in [0.2, 0.25) is 5.02 Å². The number of methoxy groups -OCH3 is 2. The van der Waals surface area contributed by atoms with E-state index in [1.807, 2.05) is 18.2 Å². The molecule has 7 heteroatoms. The molecule has 0 aliphatic heterocycles. The first-order chi connectivity index (χ1) is 15.5. The smallest absolute Gasteiger partial charge is 0.161 e. The summed E-state index contributed by atoms with van der Waals surface area (Å²) in [4.78, 5) is 2.07. The summed E-state index contributed by atoms with van der Waals surface area (Å²) in [7, 11) is 3.19. The quantitative estimate of drug-likeness (QED) is 0.440. The molecule has 1 atom stereocenters. The van der Waals surface area contributed by atoms with Crippen LogP contribution in [0.4, 0.5) is 4.39 Å². The molecule has 3 rings (SSSR count). The second kappa shape index (κ2) is 11.7. The number of rotatable bonds is 11. The van der Waals surface area contributed by atoms with Crippen LogP contribution in [0.25, 0.3) is 0 Å². The van der Waals surface area contributed by atoms with Crippen LogP contribution in [-0.4, -0.2) is 43.5 Å². The third kappa shape index (κ3) is 7.12. The van der Waals surface area contributed by atoms with Gasteiger partial charge in [0.1, 0.15) is 24.3 Å². The van der Waals surface area contributed by atoms with Crippen LogP contribution in [0.15, 0.2) is 66.7 Å². The number of aliphatic hydroxyl groups excluding tert-OH is 1. The summed E-state index contributed by atoms with van der Waals surface area (Å²) in [6.45, 7) is 1.58. The van der Waals surface area contributed by atoms with E-state index in [0.29, 0.717) is 41.9 Å². The van der Waals surface area contributed by atoms with Crippen LogP contribution in [-0.2, 0) is 13.1 Å². The lowest BCUT2D eigenvalue weighted by molar-refractivity contribution is 0.0628. The van der Waals surface area contributed by atoms with Crippen molar-refractivity contribution < 1.29 is 23.7 Å². The maximum absolute atomic E-state index is 13.3. The van der Waals surface area contributed by atoms with Gasteiger partial charge in [0.2, 0.25) is 0 Å². The normalized spacial score (nSPS) is 11.9. The zero-order valence-electron chi connectivity index (χ0n) is 18.1. The second-order valence-electron chi connectivity index (χ2n) is 7.40. The predicted octanol–water partition coefficient (Wildman–Crippen LogP) is 4.94. The Balaban J connectivity index is 1.69. The lowest BCUT2D eigenvalue weighted by Crippen LogP contribution is -2.35. The minimum atomic E-state index is -0.730. The van der Waals surface area contributed by atoms with Gasteiger partial charge in [-0.05, 0) is 59.7 Å². The molecule has 0 bridgehead atoms. The summed E-state index contributed by atoms with van der Waals surface area (Å²) in [5.74, 6) is 1.64. The van der Waals surface area contributed by atoms with E-state index in [-0.39, 0.29) is 12.4 Å². The van der Waals surface area contributed by atoms with Gasteiger partial charge in [-0.25, -0.2) is 4.39 Å². The van der Waals surface area contributed by atoms with E-state index in [2.05, 4.69) is 4.90 Å². The van der Waals surface area contributed by atoms with Crippen LogP contribution >= 0.6 is 11.6 Å². The van der Waals surface area contributed by atoms with Crippen LogP contribution in [0.3, 0.4) is 0 Å². The lowest BCUT2D eigenvalue weighted by atomic mass is 10.1. The number of benzene rings is 3. The van der Waals surface area contributed by atoms with Gasteiger partial charge in [0.05, 0.1) is 14.2 Å². The summed E-state index contributed by atoms with van der Waals surface area (Å²) >= 11 is 5.90. The molecule has 0 saturated heterocycles. The fraction of sp³-hybridized carbons (Fsp3) is 0.280. The molecule has 0 aliphatic rings. The van der Waals surface area contributed by atoms with E-state index in [1.54, 1.807) is 50.6 Å². The Hall–Kier alpha value is -2.80. The fourth-order valence-corrected chi connectivity index (χ4v) is 3.47. The van der Waals surface area contributed by atoms with Crippen LogP contribution in [0.5, 0.6) is 17.2 Å². The molecule has 3 aromatic rings. The average molecular weight is 460 g/mol. The van der Waals surface area contributed by atoms with Gasteiger partial charge in [0.25, 0.3) is 0 Å². The largest absolute Gasteiger partial charge is 0.493 e. The number of halogens is 2. The first-order valence-corrected chi connectivity index (χ1v) is 10.6. The van der Waals surface area contributed by atoms with E-state index in [4.69, 9.17) is 25.8 Å². The Morgan fingerprint density at radius 3 is 2.16 bits per heavy atom. The highest BCUT2D eigenvalue weighted by atomic mass is 35.5. The number of ether oxygens (including phenoxy) is 3. The first kappa shape index (κ1) is 23.9. The second-order valence-corrected chi connectivity index (χ2v) is 7.84. The molecule has 32 heavy (non-hydrogen) atoms. The van der Waals surface area contributed by atoms with Crippen LogP contribution in [0, 0.1) is 5.82 Å². The Morgan fingerprint density at radius 2 is 1.50 bits per heavy atom. The van der Waals surface area contributed by atoms with Gasteiger partial charge in [0.15, 0.2) is 11.5 Å². The van der Waals surface area contributed by atoms with Crippen molar-refractivity contribution in [1.82, 2.24) is 4.90 Å². The van der Waals surface area contributed by atoms with Gasteiger partial charge < -0.3 is 19.3 Å².